The van der Waals surface area contributed by atoms with Crippen LogP contribution in [-0.4, -0.2) is 10.1 Å². The monoisotopic (exact) mass is 303 g/mol. The Kier molecular flexibility index (Phi) is 3.24. The SMILES string of the molecule is Nc1nc(-c2ccccc2O)cc2c1CNC2c1ccccc1. The third-order valence-corrected chi connectivity index (χ3v) is 4.30. The average molecular weight is 303 g/mol. The van der Waals surface area contributed by atoms with E-state index in [1.165, 1.54) is 5.56 Å². The molecule has 1 unspecified atom stereocenters. The summed E-state index contributed by atoms with van der Waals surface area (Å²) in [6.07, 6.45) is 0. The van der Waals surface area contributed by atoms with Crippen LogP contribution in [0.2, 0.25) is 0 Å². The minimum absolute atomic E-state index is 0.0982. The number of hydrogen-bond acceptors (Lipinski definition) is 4. The molecule has 0 radical (unpaired) electrons. The maximum atomic E-state index is 10.1. The number of nitrogen functional groups attached to an aromatic ring is 1. The van der Waals surface area contributed by atoms with Crippen LogP contribution in [0.3, 0.4) is 0 Å². The molecule has 1 atom stereocenters. The van der Waals surface area contributed by atoms with Crippen molar-refractivity contribution in [3.63, 3.8) is 0 Å². The molecule has 114 valence electrons. The molecule has 1 aromatic heterocycles. The van der Waals surface area contributed by atoms with Gasteiger partial charge in [-0.1, -0.05) is 42.5 Å². The highest BCUT2D eigenvalue weighted by Gasteiger charge is 2.26. The summed E-state index contributed by atoms with van der Waals surface area (Å²) in [5, 5.41) is 13.6. The quantitative estimate of drug-likeness (QED) is 0.680. The van der Waals surface area contributed by atoms with E-state index in [1.807, 2.05) is 36.4 Å². The second kappa shape index (κ2) is 5.41. The molecule has 4 nitrogen and oxygen atoms in total. The van der Waals surface area contributed by atoms with Crippen LogP contribution in [-0.2, 0) is 6.54 Å². The zero-order valence-electron chi connectivity index (χ0n) is 12.5. The first-order valence-electron chi connectivity index (χ1n) is 7.60. The van der Waals surface area contributed by atoms with Crippen LogP contribution >= 0.6 is 0 Å². The minimum atomic E-state index is 0.0982. The number of aromatic hydroxyl groups is 1. The number of para-hydroxylation sites is 1. The molecule has 0 aliphatic carbocycles. The first-order valence-corrected chi connectivity index (χ1v) is 7.60. The van der Waals surface area contributed by atoms with Gasteiger partial charge in [0.1, 0.15) is 11.6 Å². The summed E-state index contributed by atoms with van der Waals surface area (Å²) in [5.41, 5.74) is 10.9. The Labute approximate surface area is 134 Å². The van der Waals surface area contributed by atoms with Crippen LogP contribution in [0.15, 0.2) is 60.7 Å². The topological polar surface area (TPSA) is 71.2 Å². The van der Waals surface area contributed by atoms with Gasteiger partial charge in [0, 0.05) is 17.7 Å². The van der Waals surface area contributed by atoms with E-state index < -0.39 is 0 Å². The highest BCUT2D eigenvalue weighted by molar-refractivity contribution is 5.70. The van der Waals surface area contributed by atoms with E-state index in [-0.39, 0.29) is 11.8 Å². The van der Waals surface area contributed by atoms with Crippen molar-refractivity contribution in [2.75, 3.05) is 5.73 Å². The van der Waals surface area contributed by atoms with Gasteiger partial charge >= 0.3 is 0 Å². The molecule has 23 heavy (non-hydrogen) atoms. The molecular formula is C19H17N3O. The predicted molar refractivity (Wildman–Crippen MR) is 90.9 cm³/mol. The van der Waals surface area contributed by atoms with Crippen molar-refractivity contribution >= 4 is 5.82 Å². The summed E-state index contributed by atoms with van der Waals surface area (Å²) in [7, 11) is 0. The molecule has 0 amide bonds. The van der Waals surface area contributed by atoms with Crippen LogP contribution in [0.25, 0.3) is 11.3 Å². The van der Waals surface area contributed by atoms with Crippen molar-refractivity contribution < 1.29 is 5.11 Å². The van der Waals surface area contributed by atoms with Gasteiger partial charge in [-0.15, -0.1) is 0 Å². The van der Waals surface area contributed by atoms with E-state index in [0.717, 1.165) is 11.1 Å². The number of rotatable bonds is 2. The lowest BCUT2D eigenvalue weighted by molar-refractivity contribution is 0.477. The standard InChI is InChI=1S/C19H17N3O/c20-19-15-11-21-18(12-6-2-1-3-7-12)14(15)10-16(22-19)13-8-4-5-9-17(13)23/h1-10,18,21,23H,11H2,(H2,20,22). The first-order chi connectivity index (χ1) is 11.2. The van der Waals surface area contributed by atoms with Crippen LogP contribution in [0, 0.1) is 0 Å². The van der Waals surface area contributed by atoms with E-state index in [4.69, 9.17) is 5.73 Å². The summed E-state index contributed by atoms with van der Waals surface area (Å²) >= 11 is 0. The summed E-state index contributed by atoms with van der Waals surface area (Å²) in [6.45, 7) is 0.703. The molecule has 0 saturated heterocycles. The second-order valence-corrected chi connectivity index (χ2v) is 5.70. The van der Waals surface area contributed by atoms with Crippen molar-refractivity contribution in [2.24, 2.45) is 0 Å². The van der Waals surface area contributed by atoms with Gasteiger partial charge in [-0.2, -0.15) is 0 Å². The molecule has 4 N–H and O–H groups in total. The fourth-order valence-electron chi connectivity index (χ4n) is 3.15. The van der Waals surface area contributed by atoms with Gasteiger partial charge in [-0.25, -0.2) is 4.98 Å². The number of fused-ring (bicyclic) bond motifs is 1. The van der Waals surface area contributed by atoms with Crippen LogP contribution in [0.5, 0.6) is 5.75 Å². The average Bonchev–Trinajstić information content (AvgIpc) is 3.00. The van der Waals surface area contributed by atoms with Crippen molar-refractivity contribution in [2.45, 2.75) is 12.6 Å². The highest BCUT2D eigenvalue weighted by Crippen LogP contribution is 2.37. The maximum Gasteiger partial charge on any atom is 0.128 e. The van der Waals surface area contributed by atoms with E-state index in [2.05, 4.69) is 22.4 Å². The first kappa shape index (κ1) is 13.8. The number of nitrogens with zero attached hydrogens (tertiary/aromatic N) is 1. The Balaban J connectivity index is 1.85. The zero-order valence-corrected chi connectivity index (χ0v) is 12.5. The van der Waals surface area contributed by atoms with Gasteiger partial charge in [-0.3, -0.25) is 0 Å². The second-order valence-electron chi connectivity index (χ2n) is 5.70. The number of nitrogens with two attached hydrogens (primary N) is 1. The normalized spacial score (nSPS) is 16.3. The predicted octanol–water partition coefficient (Wildman–Crippen LogP) is 3.23. The number of benzene rings is 2. The molecule has 3 aromatic rings. The molecule has 0 fully saturated rings. The molecule has 0 bridgehead atoms. The van der Waals surface area contributed by atoms with Crippen molar-refractivity contribution in [1.29, 1.82) is 0 Å². The third kappa shape index (κ3) is 2.33. The minimum Gasteiger partial charge on any atom is -0.507 e. The Hall–Kier alpha value is -2.85. The molecule has 0 saturated carbocycles. The van der Waals surface area contributed by atoms with E-state index in [0.29, 0.717) is 23.6 Å². The molecule has 2 heterocycles. The molecule has 4 rings (SSSR count). The maximum absolute atomic E-state index is 10.1. The summed E-state index contributed by atoms with van der Waals surface area (Å²) in [5.74, 6) is 0.730. The van der Waals surface area contributed by atoms with E-state index in [9.17, 15) is 5.11 Å². The Bertz CT molecular complexity index is 862. The van der Waals surface area contributed by atoms with Gasteiger partial charge in [-0.05, 0) is 29.3 Å². The molecule has 1 aliphatic rings. The molecule has 4 heteroatoms. The third-order valence-electron chi connectivity index (χ3n) is 4.30. The summed E-state index contributed by atoms with van der Waals surface area (Å²) < 4.78 is 0. The summed E-state index contributed by atoms with van der Waals surface area (Å²) in [4.78, 5) is 4.48. The van der Waals surface area contributed by atoms with Gasteiger partial charge in [0.2, 0.25) is 0 Å². The number of phenolic OH excluding ortho intramolecular Hbond substituents is 1. The van der Waals surface area contributed by atoms with Crippen LogP contribution < -0.4 is 11.1 Å². The number of hydrogen-bond donors (Lipinski definition) is 3. The lowest BCUT2D eigenvalue weighted by atomic mass is 9.97. The fourth-order valence-corrected chi connectivity index (χ4v) is 3.15. The Morgan fingerprint density at radius 1 is 1.04 bits per heavy atom. The number of anilines is 1. The Morgan fingerprint density at radius 2 is 1.78 bits per heavy atom. The highest BCUT2D eigenvalue weighted by atomic mass is 16.3. The van der Waals surface area contributed by atoms with Gasteiger partial charge in [0.05, 0.1) is 11.7 Å². The van der Waals surface area contributed by atoms with E-state index >= 15 is 0 Å². The number of pyridine rings is 1. The number of aromatic nitrogens is 1. The molecule has 2 aromatic carbocycles. The van der Waals surface area contributed by atoms with Gasteiger partial charge < -0.3 is 16.2 Å². The van der Waals surface area contributed by atoms with Gasteiger partial charge in [0.15, 0.2) is 0 Å². The van der Waals surface area contributed by atoms with Crippen LogP contribution in [0.1, 0.15) is 22.7 Å². The number of phenols is 1. The van der Waals surface area contributed by atoms with Crippen molar-refractivity contribution in [3.05, 3.63) is 77.4 Å². The van der Waals surface area contributed by atoms with Crippen molar-refractivity contribution in [1.82, 2.24) is 10.3 Å². The van der Waals surface area contributed by atoms with E-state index in [1.54, 1.807) is 12.1 Å². The molecule has 1 aliphatic heterocycles. The lowest BCUT2D eigenvalue weighted by Gasteiger charge is -2.14. The Morgan fingerprint density at radius 3 is 2.57 bits per heavy atom. The van der Waals surface area contributed by atoms with Crippen LogP contribution in [0.4, 0.5) is 5.82 Å². The molecular weight excluding hydrogens is 286 g/mol. The molecule has 0 spiro atoms. The van der Waals surface area contributed by atoms with Gasteiger partial charge in [0.25, 0.3) is 0 Å². The fraction of sp³-hybridized carbons (Fsp3) is 0.105. The lowest BCUT2D eigenvalue weighted by Crippen LogP contribution is -2.13. The number of nitrogens with one attached hydrogen (secondary N) is 1. The summed E-state index contributed by atoms with van der Waals surface area (Å²) in [6, 6.07) is 19.6. The largest absolute Gasteiger partial charge is 0.507 e. The van der Waals surface area contributed by atoms with Crippen molar-refractivity contribution in [3.8, 4) is 17.0 Å². The smallest absolute Gasteiger partial charge is 0.128 e. The zero-order chi connectivity index (χ0) is 15.8.